The van der Waals surface area contributed by atoms with Crippen molar-refractivity contribution in [3.63, 3.8) is 0 Å². The quantitative estimate of drug-likeness (QED) is 0.318. The maximum absolute atomic E-state index is 13.2. The standard InChI is InChI=1S/C29H26N2O4S/c1-15(2)31-27-24(26(32)30(3)29(31)35)23(28(33)34)25(36-27)22-10-6-9-18-20-12-11-16-7-4-5-8-17(16)19(20)13-14-21(18)22/h4-5,7-8,11-15,22H,6,9-10H2,1-3H3,(H,33,34). The van der Waals surface area contributed by atoms with Crippen LogP contribution in [0.5, 0.6) is 0 Å². The van der Waals surface area contributed by atoms with E-state index in [2.05, 4.69) is 42.5 Å². The van der Waals surface area contributed by atoms with Crippen LogP contribution in [-0.2, 0) is 13.5 Å². The van der Waals surface area contributed by atoms with Gasteiger partial charge >= 0.3 is 11.7 Å². The Morgan fingerprint density at radius 3 is 2.53 bits per heavy atom. The highest BCUT2D eigenvalue weighted by Crippen LogP contribution is 2.46. The van der Waals surface area contributed by atoms with Crippen molar-refractivity contribution in [2.75, 3.05) is 0 Å². The number of carboxylic acids is 1. The average Bonchev–Trinajstić information content (AvgIpc) is 3.26. The van der Waals surface area contributed by atoms with Crippen LogP contribution in [0.15, 0.2) is 58.1 Å². The Kier molecular flexibility index (Phi) is 5.16. The molecule has 2 heterocycles. The van der Waals surface area contributed by atoms with E-state index in [4.69, 9.17) is 0 Å². The van der Waals surface area contributed by atoms with Crippen molar-refractivity contribution >= 4 is 49.1 Å². The van der Waals surface area contributed by atoms with Crippen molar-refractivity contribution in [3.8, 4) is 0 Å². The summed E-state index contributed by atoms with van der Waals surface area (Å²) in [5, 5.41) is 15.2. The van der Waals surface area contributed by atoms with Crippen LogP contribution >= 0.6 is 11.3 Å². The minimum absolute atomic E-state index is 0.0430. The van der Waals surface area contributed by atoms with E-state index in [9.17, 15) is 19.5 Å². The molecule has 5 aromatic rings. The predicted molar refractivity (Wildman–Crippen MR) is 145 cm³/mol. The van der Waals surface area contributed by atoms with Crippen molar-refractivity contribution < 1.29 is 9.90 Å². The molecule has 0 radical (unpaired) electrons. The highest BCUT2D eigenvalue weighted by Gasteiger charge is 2.33. The molecular weight excluding hydrogens is 472 g/mol. The SMILES string of the molecule is CC(C)n1c(=O)n(C)c(=O)c2c(C(=O)O)c(C3CCCc4c3ccc3c4ccc4ccccc43)sc21. The van der Waals surface area contributed by atoms with Crippen molar-refractivity contribution in [3.05, 3.63) is 90.9 Å². The summed E-state index contributed by atoms with van der Waals surface area (Å²) in [4.78, 5) is 39.9. The lowest BCUT2D eigenvalue weighted by atomic mass is 9.78. The number of aryl methyl sites for hydroxylation is 1. The first-order chi connectivity index (χ1) is 17.3. The summed E-state index contributed by atoms with van der Waals surface area (Å²) in [5.41, 5.74) is 1.44. The molecule has 6 rings (SSSR count). The number of thiophene rings is 1. The number of carbonyl (C=O) groups is 1. The van der Waals surface area contributed by atoms with Gasteiger partial charge < -0.3 is 5.11 Å². The summed E-state index contributed by atoms with van der Waals surface area (Å²) in [6, 6.07) is 16.7. The van der Waals surface area contributed by atoms with E-state index in [0.29, 0.717) is 9.71 Å². The first kappa shape index (κ1) is 22.7. The van der Waals surface area contributed by atoms with Crippen LogP contribution in [0.4, 0.5) is 0 Å². The van der Waals surface area contributed by atoms with E-state index in [0.717, 1.165) is 29.4 Å². The zero-order chi connectivity index (χ0) is 25.3. The van der Waals surface area contributed by atoms with E-state index in [1.807, 2.05) is 19.9 Å². The summed E-state index contributed by atoms with van der Waals surface area (Å²) in [6.07, 6.45) is 2.64. The van der Waals surface area contributed by atoms with Gasteiger partial charge in [-0.3, -0.25) is 13.9 Å². The van der Waals surface area contributed by atoms with Gasteiger partial charge in [0.25, 0.3) is 5.56 Å². The van der Waals surface area contributed by atoms with E-state index < -0.39 is 17.2 Å². The first-order valence-electron chi connectivity index (χ1n) is 12.2. The van der Waals surface area contributed by atoms with Crippen molar-refractivity contribution in [1.29, 1.82) is 0 Å². The van der Waals surface area contributed by atoms with Gasteiger partial charge in [0.2, 0.25) is 0 Å². The van der Waals surface area contributed by atoms with Crippen molar-refractivity contribution in [2.24, 2.45) is 7.05 Å². The van der Waals surface area contributed by atoms with E-state index in [-0.39, 0.29) is 22.9 Å². The monoisotopic (exact) mass is 498 g/mol. The fourth-order valence-electron chi connectivity index (χ4n) is 5.90. The molecule has 7 heteroatoms. The molecule has 0 saturated carbocycles. The van der Waals surface area contributed by atoms with Gasteiger partial charge in [0.1, 0.15) is 4.83 Å². The molecule has 0 fully saturated rings. The molecule has 0 aliphatic heterocycles. The third-order valence-corrected chi connectivity index (χ3v) is 8.87. The second kappa shape index (κ2) is 8.17. The molecule has 182 valence electrons. The Morgan fingerprint density at radius 2 is 1.78 bits per heavy atom. The second-order valence-corrected chi connectivity index (χ2v) is 10.9. The lowest BCUT2D eigenvalue weighted by Crippen LogP contribution is -2.38. The Hall–Kier alpha value is -3.71. The highest BCUT2D eigenvalue weighted by atomic mass is 32.1. The largest absolute Gasteiger partial charge is 0.478 e. The molecule has 1 unspecified atom stereocenters. The number of hydrogen-bond acceptors (Lipinski definition) is 4. The maximum atomic E-state index is 13.2. The number of nitrogens with zero attached hydrogens (tertiary/aromatic N) is 2. The number of rotatable bonds is 3. The fourth-order valence-corrected chi connectivity index (χ4v) is 7.47. The zero-order valence-corrected chi connectivity index (χ0v) is 21.2. The van der Waals surface area contributed by atoms with Crippen LogP contribution in [0.2, 0.25) is 0 Å². The van der Waals surface area contributed by atoms with E-state index in [1.54, 1.807) is 4.57 Å². The van der Waals surface area contributed by atoms with Crippen molar-refractivity contribution in [1.82, 2.24) is 9.13 Å². The number of carboxylic acid groups (broad SMARTS) is 1. The maximum Gasteiger partial charge on any atom is 0.337 e. The topological polar surface area (TPSA) is 81.3 Å². The minimum Gasteiger partial charge on any atom is -0.478 e. The fraction of sp³-hybridized carbons (Fsp3) is 0.276. The van der Waals surface area contributed by atoms with Gasteiger partial charge in [0.15, 0.2) is 0 Å². The van der Waals surface area contributed by atoms with Gasteiger partial charge in [-0.15, -0.1) is 11.3 Å². The number of benzene rings is 3. The Balaban J connectivity index is 1.66. The van der Waals surface area contributed by atoms with Gasteiger partial charge in [0.05, 0.1) is 10.9 Å². The molecule has 36 heavy (non-hydrogen) atoms. The third kappa shape index (κ3) is 3.12. The number of hydrogen-bond donors (Lipinski definition) is 1. The second-order valence-electron chi connectivity index (χ2n) is 9.90. The van der Waals surface area contributed by atoms with Crippen LogP contribution in [0, 0.1) is 0 Å². The smallest absolute Gasteiger partial charge is 0.337 e. The molecule has 1 N–H and O–H groups in total. The molecule has 1 atom stereocenters. The zero-order valence-electron chi connectivity index (χ0n) is 20.4. The number of fused-ring (bicyclic) bond motifs is 6. The molecule has 3 aromatic carbocycles. The molecular formula is C29H26N2O4S. The number of aromatic carboxylic acids is 1. The molecule has 0 bridgehead atoms. The van der Waals surface area contributed by atoms with Gasteiger partial charge in [-0.05, 0) is 65.8 Å². The summed E-state index contributed by atoms with van der Waals surface area (Å²) >= 11 is 1.29. The van der Waals surface area contributed by atoms with Gasteiger partial charge in [-0.1, -0.05) is 48.5 Å². The minimum atomic E-state index is -1.12. The lowest BCUT2D eigenvalue weighted by Gasteiger charge is -2.27. The van der Waals surface area contributed by atoms with Crippen LogP contribution < -0.4 is 11.2 Å². The lowest BCUT2D eigenvalue weighted by molar-refractivity contribution is 0.0698. The van der Waals surface area contributed by atoms with Crippen LogP contribution in [0.1, 0.15) is 65.0 Å². The molecule has 0 spiro atoms. The van der Waals surface area contributed by atoms with Gasteiger partial charge in [-0.25, -0.2) is 9.59 Å². The van der Waals surface area contributed by atoms with Gasteiger partial charge in [0, 0.05) is 23.9 Å². The molecule has 6 nitrogen and oxygen atoms in total. The molecule has 1 aliphatic rings. The molecule has 0 amide bonds. The Labute approximate surface area is 211 Å². The Bertz CT molecular complexity index is 1840. The van der Waals surface area contributed by atoms with E-state index in [1.165, 1.54) is 45.5 Å². The Morgan fingerprint density at radius 1 is 1.03 bits per heavy atom. The highest BCUT2D eigenvalue weighted by molar-refractivity contribution is 7.19. The molecule has 0 saturated heterocycles. The molecule has 2 aromatic heterocycles. The summed E-state index contributed by atoms with van der Waals surface area (Å²) < 4.78 is 2.58. The number of aromatic nitrogens is 2. The van der Waals surface area contributed by atoms with Gasteiger partial charge in [-0.2, -0.15) is 0 Å². The predicted octanol–water partition coefficient (Wildman–Crippen LogP) is 5.82. The van der Waals surface area contributed by atoms with Crippen LogP contribution in [-0.4, -0.2) is 20.2 Å². The first-order valence-corrected chi connectivity index (χ1v) is 13.1. The van der Waals surface area contributed by atoms with Crippen LogP contribution in [0.25, 0.3) is 31.8 Å². The third-order valence-electron chi connectivity index (χ3n) is 7.56. The summed E-state index contributed by atoms with van der Waals surface area (Å²) in [6.45, 7) is 3.75. The van der Waals surface area contributed by atoms with E-state index >= 15 is 0 Å². The van der Waals surface area contributed by atoms with Crippen LogP contribution in [0.3, 0.4) is 0 Å². The molecule has 1 aliphatic carbocycles. The normalized spacial score (nSPS) is 15.7. The average molecular weight is 499 g/mol. The van der Waals surface area contributed by atoms with Crippen molar-refractivity contribution in [2.45, 2.75) is 45.1 Å². The summed E-state index contributed by atoms with van der Waals surface area (Å²) in [5.74, 6) is -1.27. The summed E-state index contributed by atoms with van der Waals surface area (Å²) in [7, 11) is 1.42.